The maximum Gasteiger partial charge on any atom is 0.247 e. The van der Waals surface area contributed by atoms with E-state index in [-0.39, 0.29) is 18.3 Å². The summed E-state index contributed by atoms with van der Waals surface area (Å²) in [5.74, 6) is -0.0686. The predicted octanol–water partition coefficient (Wildman–Crippen LogP) is 2.17. The number of halogens is 1. The number of hydrogen-bond acceptors (Lipinski definition) is 3. The first-order chi connectivity index (χ1) is 9.04. The molecular formula is C15H25ClN2O2. The number of amides is 1. The molecule has 1 rings (SSSR count). The quantitative estimate of drug-likeness (QED) is 0.785. The van der Waals surface area contributed by atoms with Gasteiger partial charge in [-0.05, 0) is 26.3 Å². The highest BCUT2D eigenvalue weighted by atomic mass is 35.5. The van der Waals surface area contributed by atoms with E-state index in [4.69, 9.17) is 10.5 Å². The standard InChI is InChI=1S/C15H24N2O2.ClH/c1-4-17(11-12-19-5-2)14(18)15(3,16)13-9-7-6-8-10-13;/h6-10H,4-5,11-12,16H2,1-3H3;1H. The maximum atomic E-state index is 12.5. The lowest BCUT2D eigenvalue weighted by Gasteiger charge is -2.31. The molecule has 1 aromatic carbocycles. The molecule has 0 fully saturated rings. The molecule has 1 atom stereocenters. The lowest BCUT2D eigenvalue weighted by molar-refractivity contribution is -0.137. The topological polar surface area (TPSA) is 55.6 Å². The first-order valence-electron chi connectivity index (χ1n) is 6.75. The molecule has 0 radical (unpaired) electrons. The molecule has 0 aliphatic rings. The Morgan fingerprint density at radius 1 is 1.30 bits per heavy atom. The Morgan fingerprint density at radius 3 is 2.40 bits per heavy atom. The summed E-state index contributed by atoms with van der Waals surface area (Å²) in [5, 5.41) is 0. The fraction of sp³-hybridized carbons (Fsp3) is 0.533. The van der Waals surface area contributed by atoms with E-state index in [1.54, 1.807) is 11.8 Å². The van der Waals surface area contributed by atoms with Crippen molar-refractivity contribution in [1.82, 2.24) is 4.90 Å². The first-order valence-corrected chi connectivity index (χ1v) is 6.75. The number of ether oxygens (including phenoxy) is 1. The summed E-state index contributed by atoms with van der Waals surface area (Å²) < 4.78 is 5.30. The second-order valence-corrected chi connectivity index (χ2v) is 4.65. The summed E-state index contributed by atoms with van der Waals surface area (Å²) in [6.45, 7) is 8.05. The fourth-order valence-electron chi connectivity index (χ4n) is 1.96. The number of rotatable bonds is 7. The SMILES string of the molecule is CCOCCN(CC)C(=O)C(C)(N)c1ccccc1.Cl. The minimum Gasteiger partial charge on any atom is -0.380 e. The Hall–Kier alpha value is -1.10. The summed E-state index contributed by atoms with van der Waals surface area (Å²) in [5.41, 5.74) is 6.06. The third-order valence-corrected chi connectivity index (χ3v) is 3.20. The first kappa shape index (κ1) is 18.9. The molecule has 1 amide bonds. The largest absolute Gasteiger partial charge is 0.380 e. The van der Waals surface area contributed by atoms with Crippen molar-refractivity contribution in [2.24, 2.45) is 5.73 Å². The highest BCUT2D eigenvalue weighted by Crippen LogP contribution is 2.20. The van der Waals surface area contributed by atoms with Crippen LogP contribution in [0, 0.1) is 0 Å². The highest BCUT2D eigenvalue weighted by molar-refractivity contribution is 5.87. The van der Waals surface area contributed by atoms with E-state index in [1.807, 2.05) is 44.2 Å². The minimum atomic E-state index is -0.997. The van der Waals surface area contributed by atoms with E-state index < -0.39 is 5.54 Å². The van der Waals surface area contributed by atoms with Gasteiger partial charge < -0.3 is 15.4 Å². The van der Waals surface area contributed by atoms with Crippen molar-refractivity contribution in [1.29, 1.82) is 0 Å². The average molecular weight is 301 g/mol. The summed E-state index contributed by atoms with van der Waals surface area (Å²) in [4.78, 5) is 14.3. The number of nitrogens with two attached hydrogens (primary N) is 1. The summed E-state index contributed by atoms with van der Waals surface area (Å²) in [6.07, 6.45) is 0. The number of carbonyl (C=O) groups is 1. The molecule has 0 saturated heterocycles. The normalized spacial score (nSPS) is 13.2. The number of nitrogens with zero attached hydrogens (tertiary/aromatic N) is 1. The summed E-state index contributed by atoms with van der Waals surface area (Å²) in [7, 11) is 0. The van der Waals surface area contributed by atoms with Gasteiger partial charge in [0.05, 0.1) is 6.61 Å². The van der Waals surface area contributed by atoms with Crippen molar-refractivity contribution in [3.05, 3.63) is 35.9 Å². The van der Waals surface area contributed by atoms with Gasteiger partial charge >= 0.3 is 0 Å². The van der Waals surface area contributed by atoms with Crippen molar-refractivity contribution in [3.8, 4) is 0 Å². The predicted molar refractivity (Wildman–Crippen MR) is 84.0 cm³/mol. The zero-order valence-electron chi connectivity index (χ0n) is 12.5. The maximum absolute atomic E-state index is 12.5. The van der Waals surface area contributed by atoms with Gasteiger partial charge in [0.2, 0.25) is 5.91 Å². The van der Waals surface area contributed by atoms with E-state index >= 15 is 0 Å². The van der Waals surface area contributed by atoms with Crippen LogP contribution in [0.2, 0.25) is 0 Å². The molecular weight excluding hydrogens is 276 g/mol. The summed E-state index contributed by atoms with van der Waals surface area (Å²) in [6, 6.07) is 9.47. The van der Waals surface area contributed by atoms with Crippen molar-refractivity contribution < 1.29 is 9.53 Å². The van der Waals surface area contributed by atoms with E-state index in [0.717, 1.165) is 5.56 Å². The van der Waals surface area contributed by atoms with Gasteiger partial charge in [-0.25, -0.2) is 0 Å². The zero-order valence-corrected chi connectivity index (χ0v) is 13.3. The van der Waals surface area contributed by atoms with Crippen LogP contribution in [0.3, 0.4) is 0 Å². The van der Waals surface area contributed by atoms with Crippen LogP contribution < -0.4 is 5.73 Å². The van der Waals surface area contributed by atoms with E-state index in [2.05, 4.69) is 0 Å². The number of carbonyl (C=O) groups excluding carboxylic acids is 1. The Kier molecular flexibility index (Phi) is 8.46. The molecule has 2 N–H and O–H groups in total. The van der Waals surface area contributed by atoms with Crippen molar-refractivity contribution in [3.63, 3.8) is 0 Å². The molecule has 1 unspecified atom stereocenters. The Morgan fingerprint density at radius 2 is 1.90 bits per heavy atom. The second kappa shape index (κ2) is 8.95. The number of hydrogen-bond donors (Lipinski definition) is 1. The zero-order chi connectivity index (χ0) is 14.3. The van der Waals surface area contributed by atoms with Crippen LogP contribution in [0.15, 0.2) is 30.3 Å². The lowest BCUT2D eigenvalue weighted by Crippen LogP contribution is -2.51. The van der Waals surface area contributed by atoms with Gasteiger partial charge in [0.25, 0.3) is 0 Å². The highest BCUT2D eigenvalue weighted by Gasteiger charge is 2.33. The van der Waals surface area contributed by atoms with Crippen LogP contribution in [0.1, 0.15) is 26.3 Å². The van der Waals surface area contributed by atoms with Crippen LogP contribution in [-0.4, -0.2) is 37.1 Å². The molecule has 0 saturated carbocycles. The monoisotopic (exact) mass is 300 g/mol. The van der Waals surface area contributed by atoms with Gasteiger partial charge in [0, 0.05) is 19.7 Å². The number of benzene rings is 1. The Labute approximate surface area is 127 Å². The molecule has 0 spiro atoms. The van der Waals surface area contributed by atoms with Crippen LogP contribution >= 0.6 is 12.4 Å². The third-order valence-electron chi connectivity index (χ3n) is 3.20. The van der Waals surface area contributed by atoms with Gasteiger partial charge in [0.15, 0.2) is 0 Å². The fourth-order valence-corrected chi connectivity index (χ4v) is 1.96. The minimum absolute atomic E-state index is 0. The van der Waals surface area contributed by atoms with Crippen molar-refractivity contribution in [2.45, 2.75) is 26.3 Å². The van der Waals surface area contributed by atoms with Gasteiger partial charge in [-0.3, -0.25) is 4.79 Å². The van der Waals surface area contributed by atoms with Crippen molar-refractivity contribution >= 4 is 18.3 Å². The molecule has 0 bridgehead atoms. The lowest BCUT2D eigenvalue weighted by atomic mass is 9.91. The average Bonchev–Trinajstić information content (AvgIpc) is 2.44. The van der Waals surface area contributed by atoms with Gasteiger partial charge in [-0.1, -0.05) is 30.3 Å². The van der Waals surface area contributed by atoms with Gasteiger partial charge in [0.1, 0.15) is 5.54 Å². The Bertz CT molecular complexity index is 396. The van der Waals surface area contributed by atoms with Crippen LogP contribution in [-0.2, 0) is 15.1 Å². The number of likely N-dealkylation sites (N-methyl/N-ethyl adjacent to an activating group) is 1. The molecule has 20 heavy (non-hydrogen) atoms. The van der Waals surface area contributed by atoms with Crippen LogP contribution in [0.4, 0.5) is 0 Å². The molecule has 0 aliphatic carbocycles. The molecule has 1 aromatic rings. The van der Waals surface area contributed by atoms with E-state index in [9.17, 15) is 4.79 Å². The molecule has 0 aliphatic heterocycles. The Balaban J connectivity index is 0.00000361. The molecule has 0 aromatic heterocycles. The second-order valence-electron chi connectivity index (χ2n) is 4.65. The third kappa shape index (κ3) is 4.78. The molecule has 114 valence electrons. The van der Waals surface area contributed by atoms with Crippen molar-refractivity contribution in [2.75, 3.05) is 26.3 Å². The van der Waals surface area contributed by atoms with Crippen LogP contribution in [0.5, 0.6) is 0 Å². The van der Waals surface area contributed by atoms with Gasteiger partial charge in [-0.15, -0.1) is 12.4 Å². The van der Waals surface area contributed by atoms with E-state index in [1.165, 1.54) is 0 Å². The molecule has 5 heteroatoms. The molecule has 0 heterocycles. The van der Waals surface area contributed by atoms with Gasteiger partial charge in [-0.2, -0.15) is 0 Å². The molecule has 4 nitrogen and oxygen atoms in total. The van der Waals surface area contributed by atoms with E-state index in [0.29, 0.717) is 26.3 Å². The smallest absolute Gasteiger partial charge is 0.247 e. The summed E-state index contributed by atoms with van der Waals surface area (Å²) >= 11 is 0. The van der Waals surface area contributed by atoms with Crippen LogP contribution in [0.25, 0.3) is 0 Å².